The van der Waals surface area contributed by atoms with Crippen molar-refractivity contribution >= 4 is 11.6 Å². The number of carbonyl (C=O) groups is 1. The first-order valence-electron chi connectivity index (χ1n) is 8.16. The van der Waals surface area contributed by atoms with Crippen LogP contribution in [0.3, 0.4) is 0 Å². The van der Waals surface area contributed by atoms with Gasteiger partial charge >= 0.3 is 0 Å². The van der Waals surface area contributed by atoms with E-state index in [1.165, 1.54) is 0 Å². The fraction of sp³-hybridized carbons (Fsp3) is 0.100. The topological polar surface area (TPSA) is 51.3 Å². The van der Waals surface area contributed by atoms with Crippen LogP contribution in [0.4, 0.5) is 0 Å². The molecule has 124 valence electrons. The molecule has 5 nitrogen and oxygen atoms in total. The molecule has 3 aromatic heterocycles. The van der Waals surface area contributed by atoms with Crippen molar-refractivity contribution in [2.75, 3.05) is 0 Å². The van der Waals surface area contributed by atoms with Gasteiger partial charge in [-0.05, 0) is 55.5 Å². The van der Waals surface area contributed by atoms with Gasteiger partial charge in [-0.15, -0.1) is 0 Å². The van der Waals surface area contributed by atoms with Crippen molar-refractivity contribution in [2.24, 2.45) is 0 Å². The first-order valence-corrected chi connectivity index (χ1v) is 8.16. The van der Waals surface area contributed by atoms with E-state index in [0.29, 0.717) is 12.1 Å². The Morgan fingerprint density at radius 1 is 1.00 bits per heavy atom. The number of rotatable bonds is 4. The summed E-state index contributed by atoms with van der Waals surface area (Å²) in [4.78, 5) is 17.0. The van der Waals surface area contributed by atoms with Crippen LogP contribution in [-0.2, 0) is 6.54 Å². The summed E-state index contributed by atoms with van der Waals surface area (Å²) < 4.78 is 4.01. The maximum atomic E-state index is 12.4. The van der Waals surface area contributed by atoms with E-state index >= 15 is 0 Å². The summed E-state index contributed by atoms with van der Waals surface area (Å²) in [6, 6.07) is 17.4. The summed E-state index contributed by atoms with van der Waals surface area (Å²) >= 11 is 0. The van der Waals surface area contributed by atoms with Crippen molar-refractivity contribution in [3.63, 3.8) is 0 Å². The van der Waals surface area contributed by atoms with Gasteiger partial charge in [-0.3, -0.25) is 4.79 Å². The van der Waals surface area contributed by atoms with Gasteiger partial charge in [-0.1, -0.05) is 6.07 Å². The summed E-state index contributed by atoms with van der Waals surface area (Å²) in [5.74, 6) is -0.0932. The Balaban J connectivity index is 1.49. The normalized spacial score (nSPS) is 10.9. The molecule has 3 heterocycles. The van der Waals surface area contributed by atoms with Crippen LogP contribution in [0, 0.1) is 6.92 Å². The minimum atomic E-state index is -0.0932. The lowest BCUT2D eigenvalue weighted by Gasteiger charge is -2.08. The van der Waals surface area contributed by atoms with Crippen LogP contribution in [0.1, 0.15) is 21.7 Å². The number of nitrogens with zero attached hydrogens (tertiary/aromatic N) is 3. The molecule has 0 radical (unpaired) electrons. The minimum Gasteiger partial charge on any atom is -0.346 e. The van der Waals surface area contributed by atoms with Crippen molar-refractivity contribution in [1.82, 2.24) is 19.3 Å². The molecule has 0 bridgehead atoms. The monoisotopic (exact) mass is 330 g/mol. The van der Waals surface area contributed by atoms with Gasteiger partial charge in [-0.25, -0.2) is 4.98 Å². The SMILES string of the molecule is Cc1nc2ccccn2c1CNC(=O)c1ccc(-n2cccc2)cc1. The van der Waals surface area contributed by atoms with Gasteiger partial charge in [0.2, 0.25) is 0 Å². The number of aromatic nitrogens is 3. The number of benzene rings is 1. The molecule has 0 aliphatic carbocycles. The number of imidazole rings is 1. The molecule has 0 atom stereocenters. The molecule has 4 aromatic rings. The number of aryl methyl sites for hydroxylation is 1. The molecule has 1 amide bonds. The maximum Gasteiger partial charge on any atom is 0.251 e. The van der Waals surface area contributed by atoms with E-state index in [1.807, 2.05) is 89.1 Å². The highest BCUT2D eigenvalue weighted by molar-refractivity contribution is 5.94. The first kappa shape index (κ1) is 15.2. The third-order valence-electron chi connectivity index (χ3n) is 4.28. The molecule has 0 aliphatic rings. The molecule has 25 heavy (non-hydrogen) atoms. The van der Waals surface area contributed by atoms with E-state index < -0.39 is 0 Å². The lowest BCUT2D eigenvalue weighted by Crippen LogP contribution is -2.23. The lowest BCUT2D eigenvalue weighted by molar-refractivity contribution is 0.0950. The predicted molar refractivity (Wildman–Crippen MR) is 96.9 cm³/mol. The van der Waals surface area contributed by atoms with E-state index in [9.17, 15) is 4.79 Å². The molecule has 0 saturated carbocycles. The Morgan fingerprint density at radius 3 is 2.48 bits per heavy atom. The Labute approximate surface area is 145 Å². The van der Waals surface area contributed by atoms with Crippen molar-refractivity contribution in [3.05, 3.63) is 90.1 Å². The van der Waals surface area contributed by atoms with Crippen LogP contribution in [0.2, 0.25) is 0 Å². The molecule has 0 saturated heterocycles. The molecule has 0 spiro atoms. The Kier molecular flexibility index (Phi) is 3.82. The van der Waals surface area contributed by atoms with E-state index in [2.05, 4.69) is 10.3 Å². The minimum absolute atomic E-state index is 0.0932. The zero-order valence-electron chi connectivity index (χ0n) is 13.9. The third kappa shape index (κ3) is 2.92. The molecule has 5 heteroatoms. The van der Waals surface area contributed by atoms with Crippen molar-refractivity contribution in [3.8, 4) is 5.69 Å². The first-order chi connectivity index (χ1) is 12.2. The number of hydrogen-bond acceptors (Lipinski definition) is 2. The second kappa shape index (κ2) is 6.28. The van der Waals surface area contributed by atoms with Crippen LogP contribution in [0.15, 0.2) is 73.2 Å². The molecule has 0 fully saturated rings. The van der Waals surface area contributed by atoms with Gasteiger partial charge in [0.05, 0.1) is 17.9 Å². The average molecular weight is 330 g/mol. The van der Waals surface area contributed by atoms with Crippen molar-refractivity contribution in [1.29, 1.82) is 0 Å². The summed E-state index contributed by atoms with van der Waals surface area (Å²) in [5, 5.41) is 2.98. The predicted octanol–water partition coefficient (Wildman–Crippen LogP) is 3.36. The number of hydrogen-bond donors (Lipinski definition) is 1. The molecular formula is C20H18N4O. The highest BCUT2D eigenvalue weighted by Crippen LogP contribution is 2.13. The van der Waals surface area contributed by atoms with Gasteiger partial charge in [-0.2, -0.15) is 0 Å². The lowest BCUT2D eigenvalue weighted by atomic mass is 10.2. The van der Waals surface area contributed by atoms with Crippen molar-refractivity contribution in [2.45, 2.75) is 13.5 Å². The van der Waals surface area contributed by atoms with Crippen molar-refractivity contribution < 1.29 is 4.79 Å². The second-order valence-corrected chi connectivity index (χ2v) is 5.89. The van der Waals surface area contributed by atoms with Crippen LogP contribution in [-0.4, -0.2) is 19.9 Å². The van der Waals surface area contributed by atoms with Crippen LogP contribution in [0.5, 0.6) is 0 Å². The Bertz CT molecular complexity index is 1010. The summed E-state index contributed by atoms with van der Waals surface area (Å²) in [5.41, 5.74) is 4.48. The van der Waals surface area contributed by atoms with Gasteiger partial charge in [0, 0.05) is 29.8 Å². The van der Waals surface area contributed by atoms with E-state index in [1.54, 1.807) is 0 Å². The maximum absolute atomic E-state index is 12.4. The summed E-state index contributed by atoms with van der Waals surface area (Å²) in [6.45, 7) is 2.40. The number of nitrogens with one attached hydrogen (secondary N) is 1. The molecule has 1 N–H and O–H groups in total. The summed E-state index contributed by atoms with van der Waals surface area (Å²) in [6.07, 6.45) is 5.91. The smallest absolute Gasteiger partial charge is 0.251 e. The molecule has 0 aliphatic heterocycles. The highest BCUT2D eigenvalue weighted by Gasteiger charge is 2.11. The third-order valence-corrected chi connectivity index (χ3v) is 4.28. The molecular weight excluding hydrogens is 312 g/mol. The fourth-order valence-electron chi connectivity index (χ4n) is 2.93. The number of pyridine rings is 1. The van der Waals surface area contributed by atoms with Gasteiger partial charge in [0.25, 0.3) is 5.91 Å². The molecule has 4 rings (SSSR count). The molecule has 0 unspecified atom stereocenters. The fourth-order valence-corrected chi connectivity index (χ4v) is 2.93. The van der Waals surface area contributed by atoms with Gasteiger partial charge in [0.1, 0.15) is 5.65 Å². The highest BCUT2D eigenvalue weighted by atomic mass is 16.1. The van der Waals surface area contributed by atoms with Gasteiger partial charge < -0.3 is 14.3 Å². The Morgan fingerprint density at radius 2 is 1.72 bits per heavy atom. The molecule has 1 aromatic carbocycles. The zero-order valence-corrected chi connectivity index (χ0v) is 13.9. The van der Waals surface area contributed by atoms with E-state index in [0.717, 1.165) is 22.7 Å². The Hall–Kier alpha value is -3.34. The number of carbonyl (C=O) groups excluding carboxylic acids is 1. The second-order valence-electron chi connectivity index (χ2n) is 5.89. The average Bonchev–Trinajstić information content (AvgIpc) is 3.27. The van der Waals surface area contributed by atoms with E-state index in [4.69, 9.17) is 0 Å². The van der Waals surface area contributed by atoms with Crippen LogP contribution < -0.4 is 5.32 Å². The quantitative estimate of drug-likeness (QED) is 0.624. The zero-order chi connectivity index (χ0) is 17.2. The van der Waals surface area contributed by atoms with Crippen LogP contribution >= 0.6 is 0 Å². The number of fused-ring (bicyclic) bond motifs is 1. The summed E-state index contributed by atoms with van der Waals surface area (Å²) in [7, 11) is 0. The van der Waals surface area contributed by atoms with E-state index in [-0.39, 0.29) is 5.91 Å². The van der Waals surface area contributed by atoms with Gasteiger partial charge in [0.15, 0.2) is 0 Å². The largest absolute Gasteiger partial charge is 0.346 e. The standard InChI is InChI=1S/C20H18N4O/c1-15-18(24-13-3-2-6-19(24)22-15)14-21-20(25)16-7-9-17(10-8-16)23-11-4-5-12-23/h2-13H,14H2,1H3,(H,21,25). The van der Waals surface area contributed by atoms with Crippen LogP contribution in [0.25, 0.3) is 11.3 Å². The number of amides is 1.